The minimum atomic E-state index is 0.279. The van der Waals surface area contributed by atoms with Gasteiger partial charge in [0.2, 0.25) is 5.91 Å². The Kier molecular flexibility index (Phi) is 5.01. The van der Waals surface area contributed by atoms with Crippen LogP contribution in [0.2, 0.25) is 0 Å². The van der Waals surface area contributed by atoms with Gasteiger partial charge in [0, 0.05) is 26.1 Å². The first-order valence-corrected chi connectivity index (χ1v) is 7.38. The van der Waals surface area contributed by atoms with Crippen LogP contribution in [-0.2, 0) is 4.79 Å². The Morgan fingerprint density at radius 2 is 2.11 bits per heavy atom. The molecule has 1 heterocycles. The largest absolute Gasteiger partial charge is 0.341 e. The quantitative estimate of drug-likeness (QED) is 0.767. The zero-order valence-corrected chi connectivity index (χ0v) is 11.5. The maximum atomic E-state index is 12.3. The highest BCUT2D eigenvalue weighted by atomic mass is 16.2. The number of nitrogens with zero attached hydrogens (tertiary/aromatic N) is 1. The fourth-order valence-electron chi connectivity index (χ4n) is 3.02. The highest BCUT2D eigenvalue weighted by Gasteiger charge is 2.35. The van der Waals surface area contributed by atoms with E-state index in [-0.39, 0.29) is 6.04 Å². The van der Waals surface area contributed by atoms with E-state index >= 15 is 0 Å². The number of nitrogens with two attached hydrogens (primary N) is 1. The third kappa shape index (κ3) is 3.69. The van der Waals surface area contributed by atoms with Crippen LogP contribution in [0.3, 0.4) is 0 Å². The van der Waals surface area contributed by atoms with Crippen LogP contribution in [0.5, 0.6) is 0 Å². The van der Waals surface area contributed by atoms with Crippen molar-refractivity contribution in [2.45, 2.75) is 44.6 Å². The van der Waals surface area contributed by atoms with Crippen molar-refractivity contribution in [1.82, 2.24) is 10.2 Å². The summed E-state index contributed by atoms with van der Waals surface area (Å²) in [4.78, 5) is 14.2. The smallest absolute Gasteiger partial charge is 0.222 e. The van der Waals surface area contributed by atoms with E-state index < -0.39 is 0 Å². The monoisotopic (exact) mass is 253 g/mol. The van der Waals surface area contributed by atoms with Crippen molar-refractivity contribution in [3.63, 3.8) is 0 Å². The van der Waals surface area contributed by atoms with Gasteiger partial charge < -0.3 is 16.0 Å². The summed E-state index contributed by atoms with van der Waals surface area (Å²) in [5, 5.41) is 3.40. The molecular weight excluding hydrogens is 226 g/mol. The molecule has 0 aromatic carbocycles. The van der Waals surface area contributed by atoms with Crippen molar-refractivity contribution in [3.8, 4) is 0 Å². The van der Waals surface area contributed by atoms with Crippen molar-refractivity contribution in [2.75, 3.05) is 26.7 Å². The van der Waals surface area contributed by atoms with Gasteiger partial charge in [-0.1, -0.05) is 0 Å². The van der Waals surface area contributed by atoms with E-state index in [0.717, 1.165) is 19.5 Å². The summed E-state index contributed by atoms with van der Waals surface area (Å²) in [5.74, 6) is 1.52. The van der Waals surface area contributed by atoms with Crippen molar-refractivity contribution in [3.05, 3.63) is 0 Å². The Morgan fingerprint density at radius 3 is 2.78 bits per heavy atom. The van der Waals surface area contributed by atoms with Crippen molar-refractivity contribution < 1.29 is 4.79 Å². The molecule has 0 bridgehead atoms. The molecule has 18 heavy (non-hydrogen) atoms. The van der Waals surface area contributed by atoms with E-state index in [1.807, 2.05) is 11.9 Å². The highest BCUT2D eigenvalue weighted by molar-refractivity contribution is 5.76. The Morgan fingerprint density at radius 1 is 1.33 bits per heavy atom. The number of likely N-dealkylation sites (N-methyl/N-ethyl adjacent to an activating group) is 1. The van der Waals surface area contributed by atoms with E-state index in [2.05, 4.69) is 5.32 Å². The average Bonchev–Trinajstić information content (AvgIpc) is 3.17. The zero-order valence-electron chi connectivity index (χ0n) is 11.5. The lowest BCUT2D eigenvalue weighted by Crippen LogP contribution is -2.43. The summed E-state index contributed by atoms with van der Waals surface area (Å²) in [6.45, 7) is 2.78. The fourth-order valence-corrected chi connectivity index (χ4v) is 3.02. The predicted molar refractivity (Wildman–Crippen MR) is 73.2 cm³/mol. The van der Waals surface area contributed by atoms with E-state index in [9.17, 15) is 4.79 Å². The molecule has 1 saturated heterocycles. The van der Waals surface area contributed by atoms with Crippen LogP contribution in [-0.4, -0.2) is 43.5 Å². The normalized spacial score (nSPS) is 26.4. The van der Waals surface area contributed by atoms with E-state index in [4.69, 9.17) is 5.73 Å². The molecule has 2 atom stereocenters. The van der Waals surface area contributed by atoms with Crippen LogP contribution in [0.4, 0.5) is 0 Å². The summed E-state index contributed by atoms with van der Waals surface area (Å²) in [6, 6.07) is 0.279. The zero-order chi connectivity index (χ0) is 13.0. The third-order valence-electron chi connectivity index (χ3n) is 4.46. The molecule has 0 aromatic heterocycles. The molecule has 104 valence electrons. The molecule has 0 radical (unpaired) electrons. The van der Waals surface area contributed by atoms with E-state index in [0.29, 0.717) is 30.7 Å². The number of carbonyl (C=O) groups is 1. The molecule has 1 aliphatic carbocycles. The first-order valence-electron chi connectivity index (χ1n) is 7.38. The van der Waals surface area contributed by atoms with Crippen LogP contribution in [0.25, 0.3) is 0 Å². The lowest BCUT2D eigenvalue weighted by Gasteiger charge is -2.28. The van der Waals surface area contributed by atoms with Crippen LogP contribution < -0.4 is 11.1 Å². The van der Waals surface area contributed by atoms with Crippen molar-refractivity contribution in [2.24, 2.45) is 17.6 Å². The summed E-state index contributed by atoms with van der Waals surface area (Å²) in [5.41, 5.74) is 5.81. The highest BCUT2D eigenvalue weighted by Crippen LogP contribution is 2.35. The van der Waals surface area contributed by atoms with Gasteiger partial charge in [-0.05, 0) is 57.0 Å². The number of hydrogen-bond acceptors (Lipinski definition) is 3. The maximum absolute atomic E-state index is 12.3. The van der Waals surface area contributed by atoms with Gasteiger partial charge in [0.05, 0.1) is 0 Å². The Bertz CT molecular complexity index is 270. The summed E-state index contributed by atoms with van der Waals surface area (Å²) >= 11 is 0. The summed E-state index contributed by atoms with van der Waals surface area (Å²) in [6.07, 6.45) is 6.71. The fraction of sp³-hybridized carbons (Fsp3) is 0.929. The second kappa shape index (κ2) is 6.53. The Labute approximate surface area is 110 Å². The number of rotatable bonds is 5. The second-order valence-electron chi connectivity index (χ2n) is 5.90. The lowest BCUT2D eigenvalue weighted by atomic mass is 9.96. The van der Waals surface area contributed by atoms with Gasteiger partial charge in [-0.25, -0.2) is 0 Å². The van der Waals surface area contributed by atoms with Gasteiger partial charge in [0.25, 0.3) is 0 Å². The van der Waals surface area contributed by atoms with E-state index in [1.54, 1.807) is 0 Å². The minimum Gasteiger partial charge on any atom is -0.341 e. The Hall–Kier alpha value is -0.610. The summed E-state index contributed by atoms with van der Waals surface area (Å²) < 4.78 is 0. The van der Waals surface area contributed by atoms with Gasteiger partial charge >= 0.3 is 0 Å². The van der Waals surface area contributed by atoms with Crippen LogP contribution in [0.1, 0.15) is 38.5 Å². The standard InChI is InChI=1S/C14H27N3O/c1-17(13(10-15)12-4-5-12)14(18)9-11-3-2-7-16-8-6-11/h11-13,16H,2-10,15H2,1H3. The SMILES string of the molecule is CN(C(=O)CC1CCCNCC1)C(CN)C1CC1. The van der Waals surface area contributed by atoms with E-state index in [1.165, 1.54) is 25.7 Å². The van der Waals surface area contributed by atoms with Gasteiger partial charge in [-0.3, -0.25) is 4.79 Å². The average molecular weight is 253 g/mol. The molecular formula is C14H27N3O. The van der Waals surface area contributed by atoms with Gasteiger partial charge in [-0.2, -0.15) is 0 Å². The molecule has 0 spiro atoms. The number of amides is 1. The molecule has 1 amide bonds. The van der Waals surface area contributed by atoms with Gasteiger partial charge in [-0.15, -0.1) is 0 Å². The molecule has 4 heteroatoms. The number of hydrogen-bond donors (Lipinski definition) is 2. The third-order valence-corrected chi connectivity index (χ3v) is 4.46. The van der Waals surface area contributed by atoms with Crippen LogP contribution in [0.15, 0.2) is 0 Å². The first-order chi connectivity index (χ1) is 8.72. The van der Waals surface area contributed by atoms with Crippen molar-refractivity contribution >= 4 is 5.91 Å². The van der Waals surface area contributed by atoms with Crippen LogP contribution >= 0.6 is 0 Å². The Balaban J connectivity index is 1.81. The second-order valence-corrected chi connectivity index (χ2v) is 5.90. The molecule has 2 aliphatic rings. The molecule has 2 unspecified atom stereocenters. The molecule has 2 fully saturated rings. The number of nitrogens with one attached hydrogen (secondary N) is 1. The minimum absolute atomic E-state index is 0.279. The first kappa shape index (κ1) is 13.8. The van der Waals surface area contributed by atoms with Crippen LogP contribution in [0, 0.1) is 11.8 Å². The topological polar surface area (TPSA) is 58.4 Å². The predicted octanol–water partition coefficient (Wildman–Crippen LogP) is 0.962. The molecule has 3 N–H and O–H groups in total. The molecule has 2 rings (SSSR count). The van der Waals surface area contributed by atoms with Gasteiger partial charge in [0.1, 0.15) is 0 Å². The molecule has 0 aromatic rings. The number of carbonyl (C=O) groups excluding carboxylic acids is 1. The van der Waals surface area contributed by atoms with Gasteiger partial charge in [0.15, 0.2) is 0 Å². The lowest BCUT2D eigenvalue weighted by molar-refractivity contribution is -0.133. The summed E-state index contributed by atoms with van der Waals surface area (Å²) in [7, 11) is 1.94. The molecule has 1 aliphatic heterocycles. The van der Waals surface area contributed by atoms with Crippen molar-refractivity contribution in [1.29, 1.82) is 0 Å². The molecule has 4 nitrogen and oxygen atoms in total. The molecule has 1 saturated carbocycles. The maximum Gasteiger partial charge on any atom is 0.222 e.